The number of para-hydroxylation sites is 1. The molecule has 0 unspecified atom stereocenters. The van der Waals surface area contributed by atoms with Gasteiger partial charge in [-0.3, -0.25) is 9.52 Å². The first-order chi connectivity index (χ1) is 13.7. The summed E-state index contributed by atoms with van der Waals surface area (Å²) in [6.45, 7) is 0. The van der Waals surface area contributed by atoms with Crippen molar-refractivity contribution in [3.8, 4) is 0 Å². The summed E-state index contributed by atoms with van der Waals surface area (Å²) in [5.41, 5.74) is 0.242. The fourth-order valence-corrected chi connectivity index (χ4v) is 4.22. The predicted octanol–water partition coefficient (Wildman–Crippen LogP) is 5.84. The van der Waals surface area contributed by atoms with Gasteiger partial charge in [0.1, 0.15) is 5.82 Å². The number of hydrogen-bond donors (Lipinski definition) is 2. The summed E-state index contributed by atoms with van der Waals surface area (Å²) in [4.78, 5) is 12.3. The minimum absolute atomic E-state index is 0.0435. The molecule has 5 nitrogen and oxygen atoms in total. The third-order valence-electron chi connectivity index (χ3n) is 3.77. The Hall–Kier alpha value is -2.32. The van der Waals surface area contributed by atoms with E-state index >= 15 is 0 Å². The van der Waals surface area contributed by atoms with Crippen molar-refractivity contribution in [2.45, 2.75) is 4.90 Å². The number of benzene rings is 3. The zero-order valence-electron chi connectivity index (χ0n) is 14.4. The highest BCUT2D eigenvalue weighted by molar-refractivity contribution is 7.92. The smallest absolute Gasteiger partial charge is 0.262 e. The average Bonchev–Trinajstić information content (AvgIpc) is 2.66. The lowest BCUT2D eigenvalue weighted by atomic mass is 10.2. The average molecular weight is 474 g/mol. The molecular formula is C19H12Cl3FN2O3S. The zero-order valence-corrected chi connectivity index (χ0v) is 17.5. The third-order valence-corrected chi connectivity index (χ3v) is 6.07. The Bertz CT molecular complexity index is 1200. The first-order valence-corrected chi connectivity index (χ1v) is 10.6. The van der Waals surface area contributed by atoms with Crippen molar-refractivity contribution in [2.75, 3.05) is 10.0 Å². The summed E-state index contributed by atoms with van der Waals surface area (Å²) in [6, 6.07) is 13.9. The lowest BCUT2D eigenvalue weighted by molar-refractivity contribution is 0.102. The van der Waals surface area contributed by atoms with E-state index in [0.29, 0.717) is 0 Å². The Balaban J connectivity index is 1.85. The molecule has 0 heterocycles. The van der Waals surface area contributed by atoms with Crippen molar-refractivity contribution < 1.29 is 17.6 Å². The van der Waals surface area contributed by atoms with E-state index in [1.807, 2.05) is 0 Å². The van der Waals surface area contributed by atoms with Crippen LogP contribution in [0.2, 0.25) is 15.1 Å². The van der Waals surface area contributed by atoms with Crippen LogP contribution in [-0.2, 0) is 10.0 Å². The maximum absolute atomic E-state index is 13.6. The second-order valence-corrected chi connectivity index (χ2v) is 8.72. The number of sulfonamides is 1. The van der Waals surface area contributed by atoms with Crippen LogP contribution in [0.3, 0.4) is 0 Å². The highest BCUT2D eigenvalue weighted by Crippen LogP contribution is 2.27. The van der Waals surface area contributed by atoms with Gasteiger partial charge in [0, 0.05) is 5.69 Å². The summed E-state index contributed by atoms with van der Waals surface area (Å²) >= 11 is 17.6. The number of carbonyl (C=O) groups excluding carboxylic acids is 1. The maximum Gasteiger partial charge on any atom is 0.262 e. The molecular weight excluding hydrogens is 462 g/mol. The van der Waals surface area contributed by atoms with Crippen LogP contribution in [0.25, 0.3) is 0 Å². The molecule has 150 valence electrons. The van der Waals surface area contributed by atoms with Gasteiger partial charge >= 0.3 is 0 Å². The molecule has 0 radical (unpaired) electrons. The van der Waals surface area contributed by atoms with Crippen molar-refractivity contribution in [3.63, 3.8) is 0 Å². The number of carbonyl (C=O) groups is 1. The van der Waals surface area contributed by atoms with Crippen LogP contribution in [-0.4, -0.2) is 14.3 Å². The molecule has 1 amide bonds. The number of hydrogen-bond acceptors (Lipinski definition) is 3. The van der Waals surface area contributed by atoms with Gasteiger partial charge in [0.25, 0.3) is 15.9 Å². The van der Waals surface area contributed by atoms with Gasteiger partial charge in [-0.1, -0.05) is 53.0 Å². The minimum atomic E-state index is -3.97. The van der Waals surface area contributed by atoms with Crippen LogP contribution in [0.5, 0.6) is 0 Å². The molecule has 0 aliphatic carbocycles. The lowest BCUT2D eigenvalue weighted by Crippen LogP contribution is -2.15. The summed E-state index contributed by atoms with van der Waals surface area (Å²) in [6.07, 6.45) is 0. The number of rotatable bonds is 5. The number of nitrogens with one attached hydrogen (secondary N) is 2. The van der Waals surface area contributed by atoms with E-state index in [1.165, 1.54) is 30.3 Å². The molecule has 0 fully saturated rings. The quantitative estimate of drug-likeness (QED) is 0.457. The monoisotopic (exact) mass is 472 g/mol. The molecule has 3 aromatic rings. The Morgan fingerprint density at radius 2 is 1.59 bits per heavy atom. The Morgan fingerprint density at radius 3 is 2.31 bits per heavy atom. The molecule has 3 aromatic carbocycles. The van der Waals surface area contributed by atoms with Gasteiger partial charge in [0.05, 0.1) is 31.2 Å². The molecule has 0 saturated heterocycles. The van der Waals surface area contributed by atoms with Gasteiger partial charge in [-0.25, -0.2) is 12.8 Å². The molecule has 10 heteroatoms. The highest BCUT2D eigenvalue weighted by atomic mass is 35.5. The van der Waals surface area contributed by atoms with Crippen LogP contribution in [0.1, 0.15) is 10.4 Å². The van der Waals surface area contributed by atoms with E-state index in [2.05, 4.69) is 10.0 Å². The first kappa shape index (κ1) is 21.4. The van der Waals surface area contributed by atoms with Gasteiger partial charge in [0.15, 0.2) is 0 Å². The topological polar surface area (TPSA) is 75.3 Å². The van der Waals surface area contributed by atoms with Crippen LogP contribution in [0.4, 0.5) is 15.8 Å². The van der Waals surface area contributed by atoms with Crippen molar-refractivity contribution in [1.29, 1.82) is 0 Å². The highest BCUT2D eigenvalue weighted by Gasteiger charge is 2.18. The molecule has 0 saturated carbocycles. The largest absolute Gasteiger partial charge is 0.322 e. The van der Waals surface area contributed by atoms with Crippen LogP contribution in [0, 0.1) is 5.82 Å². The molecule has 0 bridgehead atoms. The maximum atomic E-state index is 13.6. The fourth-order valence-electron chi connectivity index (χ4n) is 2.38. The van der Waals surface area contributed by atoms with Gasteiger partial charge in [-0.05, 0) is 42.5 Å². The van der Waals surface area contributed by atoms with Crippen LogP contribution in [0.15, 0.2) is 65.6 Å². The Morgan fingerprint density at radius 1 is 0.862 bits per heavy atom. The number of anilines is 2. The van der Waals surface area contributed by atoms with Crippen LogP contribution >= 0.6 is 34.8 Å². The number of halogens is 4. The SMILES string of the molecule is O=C(Nc1cccc(S(=O)(=O)Nc2ccccc2Cl)c1)c1cc(F)c(Cl)cc1Cl. The normalized spacial score (nSPS) is 11.2. The van der Waals surface area contributed by atoms with Gasteiger partial charge in [-0.15, -0.1) is 0 Å². The molecule has 2 N–H and O–H groups in total. The molecule has 29 heavy (non-hydrogen) atoms. The molecule has 0 spiro atoms. The molecule has 0 atom stereocenters. The standard InChI is InChI=1S/C19H12Cl3FN2O3S/c20-14-6-1-2-7-18(14)25-29(27,28)12-5-3-4-11(8-12)24-19(26)13-9-17(23)16(22)10-15(13)21/h1-10,25H,(H,24,26). The molecule has 3 rings (SSSR count). The third kappa shape index (κ3) is 5.00. The second-order valence-electron chi connectivity index (χ2n) is 5.81. The number of amides is 1. The van der Waals surface area contributed by atoms with Crippen molar-refractivity contribution in [3.05, 3.63) is 87.1 Å². The Kier molecular flexibility index (Phi) is 6.33. The summed E-state index contributed by atoms with van der Waals surface area (Å²) < 4.78 is 41.3. The van der Waals surface area contributed by atoms with E-state index in [4.69, 9.17) is 34.8 Å². The fraction of sp³-hybridized carbons (Fsp3) is 0. The second kappa shape index (κ2) is 8.59. The lowest BCUT2D eigenvalue weighted by Gasteiger charge is -2.12. The molecule has 0 aromatic heterocycles. The van der Waals surface area contributed by atoms with Crippen molar-refractivity contribution in [2.24, 2.45) is 0 Å². The van der Waals surface area contributed by atoms with Crippen molar-refractivity contribution in [1.82, 2.24) is 0 Å². The van der Waals surface area contributed by atoms with Crippen molar-refractivity contribution >= 4 is 62.1 Å². The van der Waals surface area contributed by atoms with Gasteiger partial charge in [-0.2, -0.15) is 0 Å². The minimum Gasteiger partial charge on any atom is -0.322 e. The van der Waals surface area contributed by atoms with E-state index in [9.17, 15) is 17.6 Å². The summed E-state index contributed by atoms with van der Waals surface area (Å²) in [7, 11) is -3.97. The van der Waals surface area contributed by atoms with E-state index < -0.39 is 21.7 Å². The van der Waals surface area contributed by atoms with E-state index in [1.54, 1.807) is 18.2 Å². The van der Waals surface area contributed by atoms with Gasteiger partial charge in [0.2, 0.25) is 0 Å². The summed E-state index contributed by atoms with van der Waals surface area (Å²) in [5.74, 6) is -1.53. The Labute approximate surface area is 181 Å². The zero-order chi connectivity index (χ0) is 21.2. The van der Waals surface area contributed by atoms with Crippen LogP contribution < -0.4 is 10.0 Å². The first-order valence-electron chi connectivity index (χ1n) is 8.01. The predicted molar refractivity (Wildman–Crippen MR) is 113 cm³/mol. The molecule has 0 aliphatic heterocycles. The van der Waals surface area contributed by atoms with E-state index in [-0.39, 0.29) is 36.9 Å². The van der Waals surface area contributed by atoms with E-state index in [0.717, 1.165) is 12.1 Å². The molecule has 0 aliphatic rings. The van der Waals surface area contributed by atoms with Gasteiger partial charge < -0.3 is 5.32 Å². The summed E-state index contributed by atoms with van der Waals surface area (Å²) in [5, 5.41) is 2.46.